The number of para-hydroxylation sites is 1. The lowest BCUT2D eigenvalue weighted by Gasteiger charge is -1.80. The molecule has 0 bridgehead atoms. The van der Waals surface area contributed by atoms with Crippen molar-refractivity contribution in [3.63, 3.8) is 0 Å². The summed E-state index contributed by atoms with van der Waals surface area (Å²) in [5.41, 5.74) is 0.998. The zero-order chi connectivity index (χ0) is 12.6. The van der Waals surface area contributed by atoms with Crippen LogP contribution in [0.4, 0.5) is 0 Å². The zero-order valence-corrected chi connectivity index (χ0v) is 10.5. The number of rotatable bonds is 1. The van der Waals surface area contributed by atoms with E-state index in [9.17, 15) is 0 Å². The van der Waals surface area contributed by atoms with Gasteiger partial charge in [-0.1, -0.05) is 48.5 Å². The normalized spacial score (nSPS) is 10.2. The van der Waals surface area contributed by atoms with Crippen LogP contribution in [0.15, 0.2) is 65.8 Å². The number of fused-ring (bicyclic) bond motifs is 1. The van der Waals surface area contributed by atoms with Gasteiger partial charge >= 0.3 is 0 Å². The van der Waals surface area contributed by atoms with E-state index in [0.29, 0.717) is 0 Å². The van der Waals surface area contributed by atoms with Gasteiger partial charge in [-0.25, -0.2) is 4.98 Å². The average Bonchev–Trinajstić information content (AvgIpc) is 2.84. The van der Waals surface area contributed by atoms with Gasteiger partial charge in [0.25, 0.3) is 0 Å². The molecule has 0 aliphatic rings. The third-order valence-corrected chi connectivity index (χ3v) is 3.13. The van der Waals surface area contributed by atoms with E-state index in [1.165, 1.54) is 0 Å². The fraction of sp³-hybridized carbons (Fsp3) is 0. The Morgan fingerprint density at radius 3 is 2.11 bits per heavy atom. The molecule has 4 heteroatoms. The Bertz CT molecular complexity index is 557. The molecule has 0 atom stereocenters. The van der Waals surface area contributed by atoms with Crippen LogP contribution in [0.3, 0.4) is 0 Å². The molecule has 0 aliphatic heterocycles. The van der Waals surface area contributed by atoms with Crippen LogP contribution in [0, 0.1) is 0 Å². The van der Waals surface area contributed by atoms with Gasteiger partial charge in [-0.2, -0.15) is 5.10 Å². The molecule has 2 aromatic carbocycles. The number of nitrogens with two attached hydrogens (primary N) is 1. The monoisotopic (exact) mass is 255 g/mol. The number of thiazole rings is 1. The fourth-order valence-electron chi connectivity index (χ4n) is 1.39. The van der Waals surface area contributed by atoms with Crippen LogP contribution in [0.5, 0.6) is 0 Å². The van der Waals surface area contributed by atoms with Gasteiger partial charge < -0.3 is 5.84 Å². The molecule has 3 aromatic rings. The summed E-state index contributed by atoms with van der Waals surface area (Å²) in [4.78, 5) is 4.29. The van der Waals surface area contributed by atoms with E-state index in [1.54, 1.807) is 17.6 Å². The minimum absolute atomic E-state index is 0.846. The molecule has 1 aromatic heterocycles. The Morgan fingerprint density at radius 1 is 0.944 bits per heavy atom. The molecule has 0 aliphatic carbocycles. The van der Waals surface area contributed by atoms with Crippen molar-refractivity contribution in [2.45, 2.75) is 0 Å². The van der Waals surface area contributed by atoms with Crippen LogP contribution in [-0.2, 0) is 0 Å². The van der Waals surface area contributed by atoms with Crippen LogP contribution >= 0.6 is 11.3 Å². The minimum Gasteiger partial charge on any atom is -0.323 e. The van der Waals surface area contributed by atoms with Crippen LogP contribution in [-0.4, -0.2) is 11.2 Å². The molecule has 3 nitrogen and oxygen atoms in total. The largest absolute Gasteiger partial charge is 0.323 e. The first-order valence-corrected chi connectivity index (χ1v) is 6.30. The van der Waals surface area contributed by atoms with E-state index in [-0.39, 0.29) is 0 Å². The number of nitrogens with zero attached hydrogens (tertiary/aromatic N) is 2. The Morgan fingerprint density at radius 2 is 1.56 bits per heavy atom. The number of benzene rings is 2. The Kier molecular flexibility index (Phi) is 4.44. The second-order valence-electron chi connectivity index (χ2n) is 3.45. The Labute approximate surface area is 110 Å². The van der Waals surface area contributed by atoms with Crippen molar-refractivity contribution in [2.24, 2.45) is 10.9 Å². The second-order valence-corrected chi connectivity index (χ2v) is 4.51. The average molecular weight is 255 g/mol. The van der Waals surface area contributed by atoms with Gasteiger partial charge in [0.15, 0.2) is 0 Å². The molecule has 0 amide bonds. The van der Waals surface area contributed by atoms with Crippen molar-refractivity contribution in [3.05, 3.63) is 65.7 Å². The van der Waals surface area contributed by atoms with Gasteiger partial charge in [0, 0.05) is 0 Å². The lowest BCUT2D eigenvalue weighted by Crippen LogP contribution is -1.83. The third kappa shape index (κ3) is 3.40. The first-order valence-electron chi connectivity index (χ1n) is 5.49. The van der Waals surface area contributed by atoms with Gasteiger partial charge in [-0.15, -0.1) is 11.3 Å². The highest BCUT2D eigenvalue weighted by Gasteiger charge is 1.98. The molecule has 3 rings (SSSR count). The highest BCUT2D eigenvalue weighted by atomic mass is 32.1. The molecule has 0 fully saturated rings. The number of hydrazone groups is 1. The molecule has 0 saturated heterocycles. The quantitative estimate of drug-likeness (QED) is 0.412. The summed E-state index contributed by atoms with van der Waals surface area (Å²) in [6.07, 6.45) is 1.56. The molecule has 0 unspecified atom stereocenters. The lowest BCUT2D eigenvalue weighted by atomic mass is 10.3. The first kappa shape index (κ1) is 12.3. The van der Waals surface area contributed by atoms with E-state index in [1.807, 2.05) is 60.7 Å². The summed E-state index contributed by atoms with van der Waals surface area (Å²) in [5.74, 6) is 5.02. The molecule has 0 saturated carbocycles. The number of hydrogen-bond acceptors (Lipinski definition) is 4. The van der Waals surface area contributed by atoms with E-state index >= 15 is 0 Å². The van der Waals surface area contributed by atoms with Gasteiger partial charge in [-0.3, -0.25) is 0 Å². The highest BCUT2D eigenvalue weighted by Crippen LogP contribution is 2.19. The molecule has 18 heavy (non-hydrogen) atoms. The fourth-order valence-corrected chi connectivity index (χ4v) is 2.24. The summed E-state index contributed by atoms with van der Waals surface area (Å²) >= 11 is 1.58. The van der Waals surface area contributed by atoms with Crippen LogP contribution < -0.4 is 5.84 Å². The van der Waals surface area contributed by atoms with Crippen molar-refractivity contribution in [1.29, 1.82) is 0 Å². The molecule has 0 radical (unpaired) electrons. The highest BCUT2D eigenvalue weighted by molar-refractivity contribution is 7.20. The standard InChI is InChI=1S/C8H7N3S.C6H6/c9-10-5-8-11-6-3-1-2-4-7(6)12-8;1-2-4-6-5-3-1/h1-5H,9H2;1-6H. The Balaban J connectivity index is 0.000000169. The predicted molar refractivity (Wildman–Crippen MR) is 77.8 cm³/mol. The second kappa shape index (κ2) is 6.51. The van der Waals surface area contributed by atoms with Gasteiger partial charge in [-0.05, 0) is 12.1 Å². The van der Waals surface area contributed by atoms with Gasteiger partial charge in [0.05, 0.1) is 16.4 Å². The summed E-state index contributed by atoms with van der Waals surface area (Å²) < 4.78 is 1.16. The van der Waals surface area contributed by atoms with Crippen LogP contribution in [0.25, 0.3) is 10.2 Å². The van der Waals surface area contributed by atoms with Crippen molar-refractivity contribution in [3.8, 4) is 0 Å². The van der Waals surface area contributed by atoms with Crippen LogP contribution in [0.1, 0.15) is 5.01 Å². The molecule has 90 valence electrons. The van der Waals surface area contributed by atoms with Crippen LogP contribution in [0.2, 0.25) is 0 Å². The number of aromatic nitrogens is 1. The van der Waals surface area contributed by atoms with Crippen molar-refractivity contribution in [1.82, 2.24) is 4.98 Å². The Hall–Kier alpha value is -2.20. The molecule has 2 N–H and O–H groups in total. The van der Waals surface area contributed by atoms with Crippen molar-refractivity contribution in [2.75, 3.05) is 0 Å². The van der Waals surface area contributed by atoms with Gasteiger partial charge in [0.1, 0.15) is 5.01 Å². The first-order chi connectivity index (χ1) is 8.90. The maximum atomic E-state index is 5.02. The molecular weight excluding hydrogens is 242 g/mol. The topological polar surface area (TPSA) is 51.3 Å². The van der Waals surface area contributed by atoms with E-state index in [4.69, 9.17) is 5.84 Å². The maximum Gasteiger partial charge on any atom is 0.137 e. The third-order valence-electron chi connectivity index (χ3n) is 2.16. The molecule has 0 spiro atoms. The zero-order valence-electron chi connectivity index (χ0n) is 9.73. The lowest BCUT2D eigenvalue weighted by molar-refractivity contribution is 1.26. The van der Waals surface area contributed by atoms with E-state index < -0.39 is 0 Å². The smallest absolute Gasteiger partial charge is 0.137 e. The minimum atomic E-state index is 0.846. The summed E-state index contributed by atoms with van der Waals surface area (Å²) in [6, 6.07) is 20.0. The van der Waals surface area contributed by atoms with Gasteiger partial charge in [0.2, 0.25) is 0 Å². The van der Waals surface area contributed by atoms with E-state index in [0.717, 1.165) is 15.2 Å². The van der Waals surface area contributed by atoms with E-state index in [2.05, 4.69) is 10.1 Å². The summed E-state index contributed by atoms with van der Waals surface area (Å²) in [6.45, 7) is 0. The summed E-state index contributed by atoms with van der Waals surface area (Å²) in [5, 5.41) is 4.27. The van der Waals surface area contributed by atoms with Crippen molar-refractivity contribution < 1.29 is 0 Å². The molecular formula is C14H13N3S. The summed E-state index contributed by atoms with van der Waals surface area (Å²) in [7, 11) is 0. The maximum absolute atomic E-state index is 5.02. The molecule has 1 heterocycles. The van der Waals surface area contributed by atoms with Crippen molar-refractivity contribution >= 4 is 27.8 Å². The predicted octanol–water partition coefficient (Wildman–Crippen LogP) is 3.28. The number of hydrogen-bond donors (Lipinski definition) is 1. The SMILES string of the molecule is NN=Cc1nc2ccccc2s1.c1ccccc1.